The maximum Gasteiger partial charge on any atom is 0.337 e. The Balaban J connectivity index is 2.10. The minimum Gasteiger partial charge on any atom is -0.465 e. The van der Waals surface area contributed by atoms with Gasteiger partial charge in [-0.1, -0.05) is 12.7 Å². The summed E-state index contributed by atoms with van der Waals surface area (Å²) in [7, 11) is 1.35. The minimum atomic E-state index is -0.363. The van der Waals surface area contributed by atoms with E-state index in [4.69, 9.17) is 0 Å². The SMILES string of the molecule is C=Cc1cnc(Nc2ccc(C(=O)OC)cc2)nc1. The lowest BCUT2D eigenvalue weighted by Gasteiger charge is -2.05. The van der Waals surface area contributed by atoms with Crippen LogP contribution in [0, 0.1) is 0 Å². The molecule has 19 heavy (non-hydrogen) atoms. The van der Waals surface area contributed by atoms with Crippen molar-refractivity contribution in [2.45, 2.75) is 0 Å². The lowest BCUT2D eigenvalue weighted by Crippen LogP contribution is -2.01. The van der Waals surface area contributed by atoms with Crippen LogP contribution in [-0.4, -0.2) is 23.0 Å². The molecule has 0 saturated carbocycles. The summed E-state index contributed by atoms with van der Waals surface area (Å²) in [5.74, 6) is 0.120. The predicted octanol–water partition coefficient (Wildman–Crippen LogP) is 2.65. The Hall–Kier alpha value is -2.69. The van der Waals surface area contributed by atoms with Crippen molar-refractivity contribution in [3.63, 3.8) is 0 Å². The number of ether oxygens (including phenoxy) is 1. The van der Waals surface area contributed by atoms with E-state index < -0.39 is 0 Å². The van der Waals surface area contributed by atoms with Gasteiger partial charge in [-0.15, -0.1) is 0 Å². The van der Waals surface area contributed by atoms with E-state index in [9.17, 15) is 4.79 Å². The van der Waals surface area contributed by atoms with E-state index in [1.165, 1.54) is 7.11 Å². The number of hydrogen-bond donors (Lipinski definition) is 1. The van der Waals surface area contributed by atoms with Crippen LogP contribution in [0.1, 0.15) is 15.9 Å². The van der Waals surface area contributed by atoms with Crippen molar-refractivity contribution >= 4 is 23.7 Å². The average molecular weight is 255 g/mol. The largest absolute Gasteiger partial charge is 0.465 e. The second kappa shape index (κ2) is 5.77. The molecule has 1 N–H and O–H groups in total. The van der Waals surface area contributed by atoms with Crippen molar-refractivity contribution in [1.29, 1.82) is 0 Å². The summed E-state index contributed by atoms with van der Waals surface area (Å²) in [6.45, 7) is 3.63. The number of rotatable bonds is 4. The van der Waals surface area contributed by atoms with Crippen LogP contribution in [0.4, 0.5) is 11.6 Å². The van der Waals surface area contributed by atoms with Gasteiger partial charge in [0, 0.05) is 23.6 Å². The highest BCUT2D eigenvalue weighted by Crippen LogP contribution is 2.14. The normalized spacial score (nSPS) is 9.74. The van der Waals surface area contributed by atoms with Gasteiger partial charge in [-0.2, -0.15) is 0 Å². The summed E-state index contributed by atoms with van der Waals surface area (Å²) in [5.41, 5.74) is 2.14. The van der Waals surface area contributed by atoms with Gasteiger partial charge in [0.05, 0.1) is 12.7 Å². The second-order valence-electron chi connectivity index (χ2n) is 3.74. The van der Waals surface area contributed by atoms with Gasteiger partial charge in [-0.25, -0.2) is 14.8 Å². The van der Waals surface area contributed by atoms with E-state index >= 15 is 0 Å². The number of anilines is 2. The summed E-state index contributed by atoms with van der Waals surface area (Å²) in [5, 5.41) is 3.03. The Labute approximate surface area is 111 Å². The van der Waals surface area contributed by atoms with Gasteiger partial charge in [0.25, 0.3) is 0 Å². The number of esters is 1. The van der Waals surface area contributed by atoms with E-state index in [2.05, 4.69) is 26.6 Å². The topological polar surface area (TPSA) is 64.1 Å². The Morgan fingerprint density at radius 1 is 1.26 bits per heavy atom. The van der Waals surface area contributed by atoms with Crippen molar-refractivity contribution < 1.29 is 9.53 Å². The van der Waals surface area contributed by atoms with Crippen molar-refractivity contribution in [1.82, 2.24) is 9.97 Å². The third kappa shape index (κ3) is 3.16. The molecule has 96 valence electrons. The van der Waals surface area contributed by atoms with Crippen LogP contribution in [0.15, 0.2) is 43.2 Å². The highest BCUT2D eigenvalue weighted by molar-refractivity contribution is 5.89. The molecule has 0 amide bonds. The predicted molar refractivity (Wildman–Crippen MR) is 73.2 cm³/mol. The van der Waals surface area contributed by atoms with Gasteiger partial charge < -0.3 is 10.1 Å². The lowest BCUT2D eigenvalue weighted by molar-refractivity contribution is 0.0601. The van der Waals surface area contributed by atoms with Crippen LogP contribution in [0.3, 0.4) is 0 Å². The molecule has 1 aromatic heterocycles. The van der Waals surface area contributed by atoms with Crippen molar-refractivity contribution in [3.8, 4) is 0 Å². The molecule has 0 bridgehead atoms. The van der Waals surface area contributed by atoms with Crippen molar-refractivity contribution in [2.24, 2.45) is 0 Å². The fourth-order valence-corrected chi connectivity index (χ4v) is 1.44. The number of benzene rings is 1. The zero-order valence-electron chi connectivity index (χ0n) is 10.5. The Morgan fingerprint density at radius 3 is 2.42 bits per heavy atom. The van der Waals surface area contributed by atoms with E-state index in [1.807, 2.05) is 0 Å². The molecule has 0 fully saturated rings. The quantitative estimate of drug-likeness (QED) is 0.851. The molecule has 0 unspecified atom stereocenters. The molecule has 0 atom stereocenters. The smallest absolute Gasteiger partial charge is 0.337 e. The molecule has 0 aliphatic carbocycles. The zero-order valence-corrected chi connectivity index (χ0v) is 10.5. The van der Waals surface area contributed by atoms with Gasteiger partial charge >= 0.3 is 5.97 Å². The van der Waals surface area contributed by atoms with Gasteiger partial charge in [-0.3, -0.25) is 0 Å². The summed E-state index contributed by atoms with van der Waals surface area (Å²) in [4.78, 5) is 19.5. The number of methoxy groups -OCH3 is 1. The summed E-state index contributed by atoms with van der Waals surface area (Å²) in [6, 6.07) is 6.87. The number of aromatic nitrogens is 2. The van der Waals surface area contributed by atoms with Crippen molar-refractivity contribution in [3.05, 3.63) is 54.4 Å². The van der Waals surface area contributed by atoms with Crippen LogP contribution in [0.25, 0.3) is 6.08 Å². The van der Waals surface area contributed by atoms with Crippen LogP contribution >= 0.6 is 0 Å². The summed E-state index contributed by atoms with van der Waals surface area (Å²) in [6.07, 6.45) is 5.02. The molecule has 0 aliphatic rings. The number of carbonyl (C=O) groups is 1. The molecule has 1 aromatic carbocycles. The molecule has 0 saturated heterocycles. The molecular weight excluding hydrogens is 242 g/mol. The van der Waals surface area contributed by atoms with Gasteiger partial charge in [-0.05, 0) is 24.3 Å². The Bertz CT molecular complexity index is 577. The molecule has 2 rings (SSSR count). The number of hydrogen-bond acceptors (Lipinski definition) is 5. The molecule has 5 heteroatoms. The monoisotopic (exact) mass is 255 g/mol. The van der Waals surface area contributed by atoms with Crippen LogP contribution in [0.2, 0.25) is 0 Å². The number of nitrogens with one attached hydrogen (secondary N) is 1. The first-order valence-corrected chi connectivity index (χ1v) is 5.63. The van der Waals surface area contributed by atoms with E-state index in [0.717, 1.165) is 11.3 Å². The van der Waals surface area contributed by atoms with Gasteiger partial charge in [0.15, 0.2) is 0 Å². The average Bonchev–Trinajstić information content (AvgIpc) is 2.48. The van der Waals surface area contributed by atoms with Crippen LogP contribution in [0.5, 0.6) is 0 Å². The molecule has 0 radical (unpaired) electrons. The highest BCUT2D eigenvalue weighted by atomic mass is 16.5. The molecule has 5 nitrogen and oxygen atoms in total. The van der Waals surface area contributed by atoms with Crippen LogP contribution in [-0.2, 0) is 4.74 Å². The lowest BCUT2D eigenvalue weighted by atomic mass is 10.2. The highest BCUT2D eigenvalue weighted by Gasteiger charge is 2.04. The standard InChI is InChI=1S/C14H13N3O2/c1-3-10-8-15-14(16-9-10)17-12-6-4-11(5-7-12)13(18)19-2/h3-9H,1H2,2H3,(H,15,16,17). The van der Waals surface area contributed by atoms with Gasteiger partial charge in [0.2, 0.25) is 5.95 Å². The Morgan fingerprint density at radius 2 is 1.89 bits per heavy atom. The van der Waals surface area contributed by atoms with Gasteiger partial charge in [0.1, 0.15) is 0 Å². The zero-order chi connectivity index (χ0) is 13.7. The maximum atomic E-state index is 11.3. The summed E-state index contributed by atoms with van der Waals surface area (Å²) < 4.78 is 4.63. The number of nitrogens with zero attached hydrogens (tertiary/aromatic N) is 2. The third-order valence-corrected chi connectivity index (χ3v) is 2.47. The molecule has 1 heterocycles. The second-order valence-corrected chi connectivity index (χ2v) is 3.74. The number of carbonyl (C=O) groups excluding carboxylic acids is 1. The first kappa shape index (κ1) is 12.8. The van der Waals surface area contributed by atoms with E-state index in [1.54, 1.807) is 42.7 Å². The van der Waals surface area contributed by atoms with E-state index in [0.29, 0.717) is 11.5 Å². The Kier molecular flexibility index (Phi) is 3.87. The fraction of sp³-hybridized carbons (Fsp3) is 0.0714. The molecular formula is C14H13N3O2. The van der Waals surface area contributed by atoms with Crippen LogP contribution < -0.4 is 5.32 Å². The third-order valence-electron chi connectivity index (χ3n) is 2.47. The maximum absolute atomic E-state index is 11.3. The summed E-state index contributed by atoms with van der Waals surface area (Å²) >= 11 is 0. The first-order valence-electron chi connectivity index (χ1n) is 5.63. The molecule has 2 aromatic rings. The van der Waals surface area contributed by atoms with E-state index in [-0.39, 0.29) is 5.97 Å². The molecule has 0 spiro atoms. The first-order chi connectivity index (χ1) is 9.22. The molecule has 0 aliphatic heterocycles. The fourth-order valence-electron chi connectivity index (χ4n) is 1.44. The van der Waals surface area contributed by atoms with Crippen molar-refractivity contribution in [2.75, 3.05) is 12.4 Å². The minimum absolute atomic E-state index is 0.363.